The van der Waals surface area contributed by atoms with E-state index in [1.54, 1.807) is 0 Å². The molecule has 0 aliphatic carbocycles. The maximum atomic E-state index is 13.6. The van der Waals surface area contributed by atoms with Gasteiger partial charge in [-0.15, -0.1) is 0 Å². The molecular formula is C15H22FN3O. The van der Waals surface area contributed by atoms with Crippen LogP contribution in [0, 0.1) is 5.82 Å². The van der Waals surface area contributed by atoms with Gasteiger partial charge in [0.15, 0.2) is 0 Å². The van der Waals surface area contributed by atoms with Gasteiger partial charge in [-0.3, -0.25) is 9.69 Å². The van der Waals surface area contributed by atoms with Crippen molar-refractivity contribution in [3.63, 3.8) is 0 Å². The molecule has 2 unspecified atom stereocenters. The molecule has 110 valence electrons. The number of anilines is 2. The molecule has 3 N–H and O–H groups in total. The fraction of sp³-hybridized carbons (Fsp3) is 0.533. The van der Waals surface area contributed by atoms with Crippen molar-refractivity contribution < 1.29 is 9.18 Å². The van der Waals surface area contributed by atoms with Crippen LogP contribution < -0.4 is 11.1 Å². The minimum Gasteiger partial charge on any atom is -0.399 e. The number of rotatable bonds is 4. The highest BCUT2D eigenvalue weighted by atomic mass is 19.1. The molecule has 20 heavy (non-hydrogen) atoms. The van der Waals surface area contributed by atoms with Gasteiger partial charge in [-0.25, -0.2) is 4.39 Å². The van der Waals surface area contributed by atoms with Crippen LogP contribution in [-0.4, -0.2) is 29.4 Å². The van der Waals surface area contributed by atoms with Crippen molar-refractivity contribution in [2.24, 2.45) is 0 Å². The number of likely N-dealkylation sites (tertiary alicyclic amines) is 1. The molecular weight excluding hydrogens is 257 g/mol. The number of nitrogen functional groups attached to an aromatic ring is 1. The zero-order valence-corrected chi connectivity index (χ0v) is 12.0. The van der Waals surface area contributed by atoms with E-state index in [1.807, 2.05) is 0 Å². The summed E-state index contributed by atoms with van der Waals surface area (Å²) in [6, 6.07) is 5.02. The second-order valence-corrected chi connectivity index (χ2v) is 5.45. The summed E-state index contributed by atoms with van der Waals surface area (Å²) in [4.78, 5) is 14.3. The normalized spacial score (nSPS) is 22.9. The molecule has 0 aromatic heterocycles. The average Bonchev–Trinajstić information content (AvgIpc) is 2.75. The average molecular weight is 279 g/mol. The minimum absolute atomic E-state index is 0.148. The zero-order chi connectivity index (χ0) is 14.7. The topological polar surface area (TPSA) is 58.4 Å². The van der Waals surface area contributed by atoms with Gasteiger partial charge in [0.1, 0.15) is 5.82 Å². The smallest absolute Gasteiger partial charge is 0.238 e. The molecule has 1 heterocycles. The third-order valence-electron chi connectivity index (χ3n) is 4.01. The Bertz CT molecular complexity index is 492. The maximum absolute atomic E-state index is 13.6. The van der Waals surface area contributed by atoms with Gasteiger partial charge >= 0.3 is 0 Å². The van der Waals surface area contributed by atoms with Gasteiger partial charge in [0.05, 0.1) is 12.2 Å². The van der Waals surface area contributed by atoms with E-state index in [9.17, 15) is 9.18 Å². The molecule has 1 aliphatic rings. The summed E-state index contributed by atoms with van der Waals surface area (Å²) in [5.74, 6) is -0.657. The van der Waals surface area contributed by atoms with Gasteiger partial charge in [0.25, 0.3) is 0 Å². The Morgan fingerprint density at radius 2 is 2.25 bits per heavy atom. The highest BCUT2D eigenvalue weighted by Crippen LogP contribution is 2.25. The number of nitrogens with zero attached hydrogens (tertiary/aromatic N) is 1. The first-order valence-electron chi connectivity index (χ1n) is 7.12. The molecule has 1 amide bonds. The largest absolute Gasteiger partial charge is 0.399 e. The quantitative estimate of drug-likeness (QED) is 0.833. The second kappa shape index (κ2) is 6.22. The van der Waals surface area contributed by atoms with Gasteiger partial charge in [-0.05, 0) is 44.4 Å². The number of nitrogens with two attached hydrogens (primary N) is 1. The zero-order valence-electron chi connectivity index (χ0n) is 12.0. The molecule has 4 nitrogen and oxygen atoms in total. The molecule has 2 rings (SSSR count). The predicted octanol–water partition coefficient (Wildman–Crippen LogP) is 2.61. The highest BCUT2D eigenvalue weighted by Gasteiger charge is 2.30. The molecule has 1 fully saturated rings. The summed E-state index contributed by atoms with van der Waals surface area (Å²) >= 11 is 0. The van der Waals surface area contributed by atoms with Gasteiger partial charge in [-0.2, -0.15) is 0 Å². The third kappa shape index (κ3) is 3.28. The number of nitrogens with one attached hydrogen (secondary N) is 1. The summed E-state index contributed by atoms with van der Waals surface area (Å²) in [5, 5.41) is 2.61. The fourth-order valence-electron chi connectivity index (χ4n) is 2.84. The van der Waals surface area contributed by atoms with Crippen molar-refractivity contribution in [3.8, 4) is 0 Å². The SMILES string of the molecule is CCC1CCC(C)N1CC(=O)Nc1cc(N)ccc1F. The molecule has 2 atom stereocenters. The van der Waals surface area contributed by atoms with E-state index >= 15 is 0 Å². The molecule has 1 saturated heterocycles. The molecule has 0 bridgehead atoms. The Labute approximate surface area is 119 Å². The van der Waals surface area contributed by atoms with Crippen molar-refractivity contribution in [2.75, 3.05) is 17.6 Å². The maximum Gasteiger partial charge on any atom is 0.238 e. The van der Waals surface area contributed by atoms with E-state index in [4.69, 9.17) is 5.73 Å². The van der Waals surface area contributed by atoms with E-state index in [1.165, 1.54) is 18.2 Å². The lowest BCUT2D eigenvalue weighted by molar-refractivity contribution is -0.118. The number of benzene rings is 1. The number of amides is 1. The first-order chi connectivity index (χ1) is 9.51. The Kier molecular flexibility index (Phi) is 4.60. The first kappa shape index (κ1) is 14.8. The summed E-state index contributed by atoms with van der Waals surface area (Å²) in [5.41, 5.74) is 6.19. The van der Waals surface area contributed by atoms with E-state index in [2.05, 4.69) is 24.1 Å². The number of hydrogen-bond acceptors (Lipinski definition) is 3. The monoisotopic (exact) mass is 279 g/mol. The van der Waals surface area contributed by atoms with Crippen LogP contribution in [0.25, 0.3) is 0 Å². The summed E-state index contributed by atoms with van der Waals surface area (Å²) in [7, 11) is 0. The first-order valence-corrected chi connectivity index (χ1v) is 7.12. The van der Waals surface area contributed by atoms with Gasteiger partial charge in [0.2, 0.25) is 5.91 Å². The van der Waals surface area contributed by atoms with Crippen LogP contribution >= 0.6 is 0 Å². The lowest BCUT2D eigenvalue weighted by atomic mass is 10.1. The molecule has 1 aromatic carbocycles. The highest BCUT2D eigenvalue weighted by molar-refractivity contribution is 5.92. The lowest BCUT2D eigenvalue weighted by Crippen LogP contribution is -2.40. The molecule has 0 spiro atoms. The summed E-state index contributed by atoms with van der Waals surface area (Å²) < 4.78 is 13.6. The molecule has 1 aliphatic heterocycles. The van der Waals surface area contributed by atoms with E-state index in [-0.39, 0.29) is 11.6 Å². The Morgan fingerprint density at radius 1 is 1.50 bits per heavy atom. The third-order valence-corrected chi connectivity index (χ3v) is 4.01. The van der Waals surface area contributed by atoms with Gasteiger partial charge < -0.3 is 11.1 Å². The second-order valence-electron chi connectivity index (χ2n) is 5.45. The van der Waals surface area contributed by atoms with E-state index in [0.717, 1.165) is 19.3 Å². The molecule has 1 aromatic rings. The van der Waals surface area contributed by atoms with Crippen LogP contribution in [-0.2, 0) is 4.79 Å². The van der Waals surface area contributed by atoms with Crippen LogP contribution in [0.5, 0.6) is 0 Å². The van der Waals surface area contributed by atoms with E-state index < -0.39 is 5.82 Å². The standard InChI is InChI=1S/C15H22FN3O/c1-3-12-6-4-10(2)19(12)9-15(20)18-14-8-11(17)5-7-13(14)16/h5,7-8,10,12H,3-4,6,9,17H2,1-2H3,(H,18,20). The van der Waals surface area contributed by atoms with Crippen molar-refractivity contribution in [2.45, 2.75) is 45.2 Å². The van der Waals surface area contributed by atoms with E-state index in [0.29, 0.717) is 24.3 Å². The van der Waals surface area contributed by atoms with Crippen LogP contribution in [0.4, 0.5) is 15.8 Å². The van der Waals surface area contributed by atoms with Crippen molar-refractivity contribution in [1.29, 1.82) is 0 Å². The molecule has 5 heteroatoms. The van der Waals surface area contributed by atoms with Crippen LogP contribution in [0.3, 0.4) is 0 Å². The van der Waals surface area contributed by atoms with Crippen molar-refractivity contribution >= 4 is 17.3 Å². The van der Waals surface area contributed by atoms with Crippen LogP contribution in [0.2, 0.25) is 0 Å². The summed E-state index contributed by atoms with van der Waals surface area (Å²) in [6.07, 6.45) is 3.26. The van der Waals surface area contributed by atoms with Crippen molar-refractivity contribution in [1.82, 2.24) is 4.90 Å². The number of halogens is 1. The van der Waals surface area contributed by atoms with Gasteiger partial charge in [-0.1, -0.05) is 6.92 Å². The Morgan fingerprint density at radius 3 is 2.95 bits per heavy atom. The van der Waals surface area contributed by atoms with Gasteiger partial charge in [0, 0.05) is 17.8 Å². The Balaban J connectivity index is 2.00. The minimum atomic E-state index is -0.464. The van der Waals surface area contributed by atoms with Crippen LogP contribution in [0.1, 0.15) is 33.1 Å². The number of carbonyl (C=O) groups excluding carboxylic acids is 1. The predicted molar refractivity (Wildman–Crippen MR) is 78.9 cm³/mol. The summed E-state index contributed by atoms with van der Waals surface area (Å²) in [6.45, 7) is 4.56. The number of hydrogen-bond donors (Lipinski definition) is 2. The molecule has 0 saturated carbocycles. The fourth-order valence-corrected chi connectivity index (χ4v) is 2.84. The molecule has 0 radical (unpaired) electrons. The lowest BCUT2D eigenvalue weighted by Gasteiger charge is -2.26. The number of carbonyl (C=O) groups is 1. The van der Waals surface area contributed by atoms with Crippen LogP contribution in [0.15, 0.2) is 18.2 Å². The Hall–Kier alpha value is -1.62. The van der Waals surface area contributed by atoms with Crippen molar-refractivity contribution in [3.05, 3.63) is 24.0 Å².